The molecule has 4 nitrogen and oxygen atoms in total. The van der Waals surface area contributed by atoms with Gasteiger partial charge in [0, 0.05) is 13.1 Å². The average Bonchev–Trinajstić information content (AvgIpc) is 2.49. The van der Waals surface area contributed by atoms with Crippen molar-refractivity contribution in [1.82, 2.24) is 4.90 Å². The summed E-state index contributed by atoms with van der Waals surface area (Å²) in [5, 5.41) is 0. The largest absolute Gasteiger partial charge is 0.494 e. The Labute approximate surface area is 127 Å². The van der Waals surface area contributed by atoms with E-state index in [2.05, 4.69) is 13.5 Å². The third kappa shape index (κ3) is 6.34. The van der Waals surface area contributed by atoms with Crippen molar-refractivity contribution in [1.29, 1.82) is 0 Å². The van der Waals surface area contributed by atoms with Gasteiger partial charge in [0.05, 0.1) is 6.61 Å². The summed E-state index contributed by atoms with van der Waals surface area (Å²) >= 11 is 0. The highest BCUT2D eigenvalue weighted by molar-refractivity contribution is 5.78. The van der Waals surface area contributed by atoms with E-state index < -0.39 is 0 Å². The highest BCUT2D eigenvalue weighted by Crippen LogP contribution is 2.17. The summed E-state index contributed by atoms with van der Waals surface area (Å²) in [5.74, 6) is 1.44. The quantitative estimate of drug-likeness (QED) is 0.655. The number of amides is 1. The van der Waals surface area contributed by atoms with Crippen molar-refractivity contribution in [2.45, 2.75) is 27.2 Å². The zero-order valence-electron chi connectivity index (χ0n) is 13.2. The summed E-state index contributed by atoms with van der Waals surface area (Å²) in [5.41, 5.74) is 0.961. The van der Waals surface area contributed by atoms with Gasteiger partial charge in [-0.2, -0.15) is 0 Å². The summed E-state index contributed by atoms with van der Waals surface area (Å²) in [6, 6.07) is 7.32. The smallest absolute Gasteiger partial charge is 0.260 e. The maximum atomic E-state index is 12.0. The lowest BCUT2D eigenvalue weighted by atomic mass is 10.3. The number of benzene rings is 1. The summed E-state index contributed by atoms with van der Waals surface area (Å²) in [4.78, 5) is 13.7. The number of likely N-dealkylation sites (N-methyl/N-ethyl adjacent to an activating group) is 1. The van der Waals surface area contributed by atoms with Crippen LogP contribution in [0.1, 0.15) is 27.2 Å². The Balaban J connectivity index is 2.46. The van der Waals surface area contributed by atoms with Crippen LogP contribution in [0.25, 0.3) is 0 Å². The van der Waals surface area contributed by atoms with Gasteiger partial charge in [-0.05, 0) is 44.5 Å². The van der Waals surface area contributed by atoms with Crippen molar-refractivity contribution in [2.24, 2.45) is 0 Å². The first-order valence-corrected chi connectivity index (χ1v) is 7.34. The lowest BCUT2D eigenvalue weighted by Crippen LogP contribution is -2.35. The lowest BCUT2D eigenvalue weighted by Gasteiger charge is -2.21. The molecule has 0 aliphatic carbocycles. The molecule has 0 bridgehead atoms. The second kappa shape index (κ2) is 9.06. The molecular formula is C17H25NO3. The normalized spacial score (nSPS) is 10.0. The predicted octanol–water partition coefficient (Wildman–Crippen LogP) is 3.28. The fourth-order valence-corrected chi connectivity index (χ4v) is 1.79. The van der Waals surface area contributed by atoms with Crippen LogP contribution >= 0.6 is 0 Å². The summed E-state index contributed by atoms with van der Waals surface area (Å²) in [6.45, 7) is 11.7. The average molecular weight is 291 g/mol. The molecule has 0 saturated heterocycles. The SMILES string of the molecule is C=C(C)CN(CC)C(=O)COc1ccc(OCCC)cc1. The minimum absolute atomic E-state index is 0.0354. The third-order valence-electron chi connectivity index (χ3n) is 2.85. The van der Waals surface area contributed by atoms with Gasteiger partial charge in [-0.1, -0.05) is 19.1 Å². The molecule has 0 spiro atoms. The summed E-state index contributed by atoms with van der Waals surface area (Å²) < 4.78 is 11.0. The standard InChI is InChI=1S/C17H25NO3/c1-5-11-20-15-7-9-16(10-8-15)21-13-17(19)18(6-2)12-14(3)4/h7-10H,3,5-6,11-13H2,1-2,4H3. The van der Waals surface area contributed by atoms with E-state index in [0.29, 0.717) is 25.4 Å². The second-order valence-electron chi connectivity index (χ2n) is 4.97. The van der Waals surface area contributed by atoms with Gasteiger partial charge < -0.3 is 14.4 Å². The molecule has 0 aliphatic rings. The monoisotopic (exact) mass is 291 g/mol. The van der Waals surface area contributed by atoms with E-state index in [1.165, 1.54) is 0 Å². The van der Waals surface area contributed by atoms with Crippen LogP contribution in [0.3, 0.4) is 0 Å². The molecule has 21 heavy (non-hydrogen) atoms. The fourth-order valence-electron chi connectivity index (χ4n) is 1.79. The fraction of sp³-hybridized carbons (Fsp3) is 0.471. The molecule has 0 saturated carbocycles. The van der Waals surface area contributed by atoms with E-state index in [1.807, 2.05) is 38.1 Å². The molecular weight excluding hydrogens is 266 g/mol. The number of ether oxygens (including phenoxy) is 2. The van der Waals surface area contributed by atoms with Crippen molar-refractivity contribution in [3.05, 3.63) is 36.4 Å². The zero-order valence-corrected chi connectivity index (χ0v) is 13.2. The summed E-state index contributed by atoms with van der Waals surface area (Å²) in [6.07, 6.45) is 0.975. The first kappa shape index (κ1) is 17.1. The van der Waals surface area contributed by atoms with E-state index in [4.69, 9.17) is 9.47 Å². The third-order valence-corrected chi connectivity index (χ3v) is 2.85. The van der Waals surface area contributed by atoms with Crippen molar-refractivity contribution in [3.63, 3.8) is 0 Å². The van der Waals surface area contributed by atoms with Gasteiger partial charge >= 0.3 is 0 Å². The van der Waals surface area contributed by atoms with Crippen LogP contribution < -0.4 is 9.47 Å². The van der Waals surface area contributed by atoms with Crippen molar-refractivity contribution in [2.75, 3.05) is 26.3 Å². The van der Waals surface area contributed by atoms with E-state index in [1.54, 1.807) is 4.90 Å². The Morgan fingerprint density at radius 2 is 1.71 bits per heavy atom. The molecule has 0 radical (unpaired) electrons. The van der Waals surface area contributed by atoms with Gasteiger partial charge in [-0.15, -0.1) is 0 Å². The number of rotatable bonds is 9. The number of carbonyl (C=O) groups is 1. The van der Waals surface area contributed by atoms with Crippen molar-refractivity contribution < 1.29 is 14.3 Å². The number of hydrogen-bond donors (Lipinski definition) is 0. The Kier molecular flexibility index (Phi) is 7.37. The molecule has 1 aromatic rings. The van der Waals surface area contributed by atoms with Gasteiger partial charge in [0.15, 0.2) is 6.61 Å². The Bertz CT molecular complexity index is 454. The van der Waals surface area contributed by atoms with Crippen LogP contribution in [0, 0.1) is 0 Å². The highest BCUT2D eigenvalue weighted by atomic mass is 16.5. The van der Waals surface area contributed by atoms with Gasteiger partial charge in [0.1, 0.15) is 11.5 Å². The molecule has 0 aliphatic heterocycles. The number of carbonyl (C=O) groups excluding carboxylic acids is 1. The molecule has 0 atom stereocenters. The van der Waals surface area contributed by atoms with E-state index in [9.17, 15) is 4.79 Å². The second-order valence-corrected chi connectivity index (χ2v) is 4.97. The molecule has 116 valence electrons. The highest BCUT2D eigenvalue weighted by Gasteiger charge is 2.12. The predicted molar refractivity (Wildman–Crippen MR) is 84.8 cm³/mol. The minimum Gasteiger partial charge on any atom is -0.494 e. The molecule has 0 unspecified atom stereocenters. The molecule has 0 fully saturated rings. The maximum Gasteiger partial charge on any atom is 0.260 e. The maximum absolute atomic E-state index is 12.0. The number of nitrogens with zero attached hydrogens (tertiary/aromatic N) is 1. The Morgan fingerprint density at radius 1 is 1.14 bits per heavy atom. The van der Waals surface area contributed by atoms with E-state index in [0.717, 1.165) is 17.7 Å². The van der Waals surface area contributed by atoms with Gasteiger partial charge in [0.25, 0.3) is 5.91 Å². The van der Waals surface area contributed by atoms with E-state index in [-0.39, 0.29) is 12.5 Å². The first-order chi connectivity index (χ1) is 10.1. The van der Waals surface area contributed by atoms with Crippen LogP contribution in [0.4, 0.5) is 0 Å². The van der Waals surface area contributed by atoms with Crippen LogP contribution in [0.2, 0.25) is 0 Å². The van der Waals surface area contributed by atoms with Crippen LogP contribution in [0.15, 0.2) is 36.4 Å². The van der Waals surface area contributed by atoms with Gasteiger partial charge in [0.2, 0.25) is 0 Å². The summed E-state index contributed by atoms with van der Waals surface area (Å²) in [7, 11) is 0. The minimum atomic E-state index is -0.0354. The molecule has 0 N–H and O–H groups in total. The topological polar surface area (TPSA) is 38.8 Å². The van der Waals surface area contributed by atoms with Crippen molar-refractivity contribution >= 4 is 5.91 Å². The molecule has 1 aromatic carbocycles. The van der Waals surface area contributed by atoms with Crippen LogP contribution in [-0.2, 0) is 4.79 Å². The molecule has 1 amide bonds. The Morgan fingerprint density at radius 3 is 2.19 bits per heavy atom. The van der Waals surface area contributed by atoms with Crippen LogP contribution in [0.5, 0.6) is 11.5 Å². The van der Waals surface area contributed by atoms with Crippen molar-refractivity contribution in [3.8, 4) is 11.5 Å². The van der Waals surface area contributed by atoms with Gasteiger partial charge in [-0.25, -0.2) is 0 Å². The first-order valence-electron chi connectivity index (χ1n) is 7.34. The Hall–Kier alpha value is -1.97. The lowest BCUT2D eigenvalue weighted by molar-refractivity contribution is -0.132. The molecule has 0 aromatic heterocycles. The van der Waals surface area contributed by atoms with E-state index >= 15 is 0 Å². The zero-order chi connectivity index (χ0) is 15.7. The number of hydrogen-bond acceptors (Lipinski definition) is 3. The van der Waals surface area contributed by atoms with Gasteiger partial charge in [-0.3, -0.25) is 4.79 Å². The molecule has 0 heterocycles. The van der Waals surface area contributed by atoms with Crippen LogP contribution in [-0.4, -0.2) is 37.1 Å². The molecule has 1 rings (SSSR count). The molecule has 4 heteroatoms.